The normalized spacial score (nSPS) is 15.7. The monoisotopic (exact) mass is 499 g/mol. The fourth-order valence-electron chi connectivity index (χ4n) is 3.93. The predicted octanol–water partition coefficient (Wildman–Crippen LogP) is 4.47. The number of nitrogens with one attached hydrogen (secondary N) is 1. The number of halogens is 3. The molecule has 34 heavy (non-hydrogen) atoms. The van der Waals surface area contributed by atoms with Crippen molar-refractivity contribution >= 4 is 27.3 Å². The van der Waals surface area contributed by atoms with Crippen molar-refractivity contribution in [3.8, 4) is 5.75 Å². The quantitative estimate of drug-likeness (QED) is 0.580. The molecule has 7 nitrogen and oxygen atoms in total. The lowest BCUT2D eigenvalue weighted by Gasteiger charge is -2.30. The minimum atomic E-state index is -4.92. The highest BCUT2D eigenvalue weighted by Gasteiger charge is 2.34. The third kappa shape index (κ3) is 6.41. The number of rotatable bonds is 8. The fourth-order valence-corrected chi connectivity index (χ4v) is 5.43. The van der Waals surface area contributed by atoms with Crippen molar-refractivity contribution in [3.63, 3.8) is 0 Å². The number of benzene rings is 2. The summed E-state index contributed by atoms with van der Waals surface area (Å²) in [4.78, 5) is 14.6. The van der Waals surface area contributed by atoms with Crippen LogP contribution in [0.2, 0.25) is 0 Å². The summed E-state index contributed by atoms with van der Waals surface area (Å²) < 4.78 is 68.2. The summed E-state index contributed by atoms with van der Waals surface area (Å²) in [5, 5.41) is 2.88. The van der Waals surface area contributed by atoms with Gasteiger partial charge in [-0.15, -0.1) is 13.2 Å². The molecule has 0 unspecified atom stereocenters. The second-order valence-electron chi connectivity index (χ2n) is 7.91. The number of hydrogen-bond donors (Lipinski definition) is 1. The van der Waals surface area contributed by atoms with Gasteiger partial charge >= 0.3 is 6.36 Å². The number of alkyl halides is 3. The Morgan fingerprint density at radius 1 is 1.09 bits per heavy atom. The summed E-state index contributed by atoms with van der Waals surface area (Å²) in [7, 11) is -4.02. The van der Waals surface area contributed by atoms with Gasteiger partial charge in [0.25, 0.3) is 0 Å². The van der Waals surface area contributed by atoms with E-state index in [-0.39, 0.29) is 29.8 Å². The molecule has 2 aromatic carbocycles. The SMILES string of the molecule is CCN(CC)c1ccc(NC(=O)C2CCN(S(=O)(=O)c3cccc(OC(F)(F)F)c3)CC2)cc1. The fraction of sp³-hybridized carbons (Fsp3) is 0.435. The van der Waals surface area contributed by atoms with E-state index >= 15 is 0 Å². The molecule has 3 rings (SSSR count). The molecule has 1 fully saturated rings. The van der Waals surface area contributed by atoms with E-state index in [9.17, 15) is 26.4 Å². The molecule has 0 bridgehead atoms. The number of nitrogens with zero attached hydrogens (tertiary/aromatic N) is 2. The van der Waals surface area contributed by atoms with E-state index in [0.29, 0.717) is 18.5 Å². The van der Waals surface area contributed by atoms with Crippen LogP contribution in [0.5, 0.6) is 5.75 Å². The number of carbonyl (C=O) groups is 1. The molecule has 11 heteroatoms. The molecule has 1 amide bonds. The molecule has 0 aliphatic carbocycles. The largest absolute Gasteiger partial charge is 0.573 e. The first-order valence-electron chi connectivity index (χ1n) is 11.0. The number of hydrogen-bond acceptors (Lipinski definition) is 5. The van der Waals surface area contributed by atoms with Crippen LogP contribution in [0.1, 0.15) is 26.7 Å². The minimum Gasteiger partial charge on any atom is -0.406 e. The van der Waals surface area contributed by atoms with Gasteiger partial charge in [-0.25, -0.2) is 8.42 Å². The molecular weight excluding hydrogens is 471 g/mol. The lowest BCUT2D eigenvalue weighted by Crippen LogP contribution is -2.41. The maximum atomic E-state index is 12.9. The van der Waals surface area contributed by atoms with E-state index in [2.05, 4.69) is 28.8 Å². The smallest absolute Gasteiger partial charge is 0.406 e. The summed E-state index contributed by atoms with van der Waals surface area (Å²) in [5.74, 6) is -1.16. The van der Waals surface area contributed by atoms with Crippen molar-refractivity contribution in [1.82, 2.24) is 4.31 Å². The van der Waals surface area contributed by atoms with Crippen LogP contribution in [0, 0.1) is 5.92 Å². The Morgan fingerprint density at radius 3 is 2.26 bits per heavy atom. The van der Waals surface area contributed by atoms with Gasteiger partial charge in [-0.1, -0.05) is 6.07 Å². The van der Waals surface area contributed by atoms with Crippen LogP contribution in [-0.2, 0) is 14.8 Å². The van der Waals surface area contributed by atoms with E-state index in [1.807, 2.05) is 24.3 Å². The van der Waals surface area contributed by atoms with E-state index in [1.54, 1.807) is 0 Å². The number of sulfonamides is 1. The topological polar surface area (TPSA) is 79.0 Å². The van der Waals surface area contributed by atoms with Gasteiger partial charge in [0.2, 0.25) is 15.9 Å². The lowest BCUT2D eigenvalue weighted by atomic mass is 9.97. The minimum absolute atomic E-state index is 0.0890. The maximum absolute atomic E-state index is 12.9. The first-order chi connectivity index (χ1) is 16.0. The molecular formula is C23H28F3N3O4S. The average Bonchev–Trinajstić information content (AvgIpc) is 2.80. The Kier molecular flexibility index (Phi) is 8.09. The van der Waals surface area contributed by atoms with Crippen molar-refractivity contribution in [3.05, 3.63) is 48.5 Å². The molecule has 0 atom stereocenters. The van der Waals surface area contributed by atoms with Crippen molar-refractivity contribution in [1.29, 1.82) is 0 Å². The van der Waals surface area contributed by atoms with Gasteiger partial charge in [-0.3, -0.25) is 4.79 Å². The van der Waals surface area contributed by atoms with Crippen molar-refractivity contribution in [2.45, 2.75) is 37.9 Å². The molecule has 1 heterocycles. The van der Waals surface area contributed by atoms with Gasteiger partial charge in [0.15, 0.2) is 0 Å². The molecule has 186 valence electrons. The number of piperidine rings is 1. The summed E-state index contributed by atoms with van der Waals surface area (Å²) in [6.45, 7) is 6.07. The molecule has 0 aromatic heterocycles. The van der Waals surface area contributed by atoms with Crippen molar-refractivity contribution < 1.29 is 31.1 Å². The average molecular weight is 500 g/mol. The second kappa shape index (κ2) is 10.6. The Balaban J connectivity index is 1.59. The molecule has 1 aliphatic rings. The summed E-state index contributed by atoms with van der Waals surface area (Å²) in [5.41, 5.74) is 1.73. The Bertz CT molecular complexity index is 1080. The van der Waals surface area contributed by atoms with Crippen LogP contribution in [-0.4, -0.2) is 51.2 Å². The zero-order chi connectivity index (χ0) is 24.9. The van der Waals surface area contributed by atoms with E-state index in [4.69, 9.17) is 0 Å². The standard InChI is InChI=1S/C23H28F3N3O4S/c1-3-28(4-2)19-10-8-18(9-11-19)27-22(30)17-12-14-29(15-13-17)34(31,32)21-7-5-6-20(16-21)33-23(24,25)26/h5-11,16-17H,3-4,12-15H2,1-2H3,(H,27,30). The molecule has 0 spiro atoms. The predicted molar refractivity (Wildman–Crippen MR) is 123 cm³/mol. The number of amides is 1. The van der Waals surface area contributed by atoms with E-state index in [0.717, 1.165) is 30.9 Å². The van der Waals surface area contributed by atoms with Gasteiger partial charge in [-0.05, 0) is 63.1 Å². The zero-order valence-corrected chi connectivity index (χ0v) is 19.8. The van der Waals surface area contributed by atoms with Gasteiger partial charge < -0.3 is 15.0 Å². The van der Waals surface area contributed by atoms with Gasteiger partial charge in [0, 0.05) is 49.5 Å². The lowest BCUT2D eigenvalue weighted by molar-refractivity contribution is -0.274. The number of carbonyl (C=O) groups excluding carboxylic acids is 1. The number of ether oxygens (including phenoxy) is 1. The maximum Gasteiger partial charge on any atom is 0.573 e. The van der Waals surface area contributed by atoms with Crippen LogP contribution in [0.25, 0.3) is 0 Å². The first kappa shape index (κ1) is 25.8. The third-order valence-corrected chi connectivity index (χ3v) is 7.66. The second-order valence-corrected chi connectivity index (χ2v) is 9.85. The molecule has 1 saturated heterocycles. The first-order valence-corrected chi connectivity index (χ1v) is 12.5. The van der Waals surface area contributed by atoms with E-state index in [1.165, 1.54) is 16.4 Å². The molecule has 1 N–H and O–H groups in total. The Hall–Kier alpha value is -2.79. The highest BCUT2D eigenvalue weighted by Crippen LogP contribution is 2.29. The van der Waals surface area contributed by atoms with Gasteiger partial charge in [-0.2, -0.15) is 4.31 Å². The van der Waals surface area contributed by atoms with Gasteiger partial charge in [0.05, 0.1) is 4.90 Å². The van der Waals surface area contributed by atoms with Crippen molar-refractivity contribution in [2.24, 2.45) is 5.92 Å². The highest BCUT2D eigenvalue weighted by molar-refractivity contribution is 7.89. The van der Waals surface area contributed by atoms with E-state index < -0.39 is 22.1 Å². The van der Waals surface area contributed by atoms with Crippen LogP contribution in [0.4, 0.5) is 24.5 Å². The molecule has 1 aliphatic heterocycles. The van der Waals surface area contributed by atoms with Crippen LogP contribution < -0.4 is 15.0 Å². The Morgan fingerprint density at radius 2 is 1.71 bits per heavy atom. The third-order valence-electron chi connectivity index (χ3n) is 5.77. The summed E-state index contributed by atoms with van der Waals surface area (Å²) in [6.07, 6.45) is -4.30. The Labute approximate surface area is 197 Å². The van der Waals surface area contributed by atoms with Gasteiger partial charge in [0.1, 0.15) is 5.75 Å². The van der Waals surface area contributed by atoms with Crippen LogP contribution >= 0.6 is 0 Å². The molecule has 0 saturated carbocycles. The molecule has 2 aromatic rings. The van der Waals surface area contributed by atoms with Crippen LogP contribution in [0.3, 0.4) is 0 Å². The number of anilines is 2. The molecule has 0 radical (unpaired) electrons. The summed E-state index contributed by atoms with van der Waals surface area (Å²) >= 11 is 0. The van der Waals surface area contributed by atoms with Crippen molar-refractivity contribution in [2.75, 3.05) is 36.4 Å². The summed E-state index contributed by atoms with van der Waals surface area (Å²) in [6, 6.07) is 11.9. The van der Waals surface area contributed by atoms with Crippen LogP contribution in [0.15, 0.2) is 53.4 Å². The zero-order valence-electron chi connectivity index (χ0n) is 19.0. The highest BCUT2D eigenvalue weighted by atomic mass is 32.2.